The van der Waals surface area contributed by atoms with Gasteiger partial charge in [-0.05, 0) is 29.2 Å². The van der Waals surface area contributed by atoms with E-state index in [2.05, 4.69) is 18.9 Å². The van der Waals surface area contributed by atoms with Crippen LogP contribution in [0.15, 0.2) is 57.7 Å². The highest BCUT2D eigenvalue weighted by atomic mass is 16.4. The van der Waals surface area contributed by atoms with Crippen molar-refractivity contribution in [2.24, 2.45) is 0 Å². The molecule has 0 fully saturated rings. The second-order valence-corrected chi connectivity index (χ2v) is 5.97. The zero-order valence-corrected chi connectivity index (χ0v) is 15.0. The van der Waals surface area contributed by atoms with Gasteiger partial charge in [0.25, 0.3) is 0 Å². The Bertz CT molecular complexity index is 891. The quantitative estimate of drug-likeness (QED) is 0.712. The molecule has 0 aliphatic carbocycles. The summed E-state index contributed by atoms with van der Waals surface area (Å²) in [5.41, 5.74) is 3.46. The van der Waals surface area contributed by atoms with Crippen LogP contribution in [0.1, 0.15) is 41.3 Å². The largest absolute Gasteiger partial charge is 0.437 e. The molecule has 1 heterocycles. The van der Waals surface area contributed by atoms with Gasteiger partial charge in [-0.2, -0.15) is 4.68 Å². The fourth-order valence-corrected chi connectivity index (χ4v) is 2.41. The molecule has 0 spiro atoms. The number of aliphatic hydroxyl groups excluding tert-OH is 1. The molecule has 2 aromatic carbocycles. The summed E-state index contributed by atoms with van der Waals surface area (Å²) in [6, 6.07) is 14.8. The maximum Gasteiger partial charge on any atom is 0.437 e. The van der Waals surface area contributed by atoms with Crippen LogP contribution in [0.5, 0.6) is 0 Å². The molecule has 0 saturated heterocycles. The molecule has 0 bridgehead atoms. The van der Waals surface area contributed by atoms with E-state index in [1.54, 1.807) is 24.3 Å². The summed E-state index contributed by atoms with van der Waals surface area (Å²) in [7, 11) is 1.00. The van der Waals surface area contributed by atoms with E-state index in [1.165, 1.54) is 10.2 Å². The Kier molecular flexibility index (Phi) is 6.63. The van der Waals surface area contributed by atoms with Gasteiger partial charge in [-0.25, -0.2) is 4.79 Å². The molecule has 0 saturated carbocycles. The van der Waals surface area contributed by atoms with E-state index in [0.717, 1.165) is 24.5 Å². The summed E-state index contributed by atoms with van der Waals surface area (Å²) >= 11 is 0. The third-order valence-electron chi connectivity index (χ3n) is 3.88. The number of nitrogens with zero attached hydrogens (tertiary/aromatic N) is 2. The molecular formula is C20H22N2O4. The number of aldehydes is 1. The van der Waals surface area contributed by atoms with Crippen LogP contribution in [0.3, 0.4) is 0 Å². The number of aromatic nitrogens is 2. The maximum atomic E-state index is 12.0. The first kappa shape index (κ1) is 19.3. The first-order valence-corrected chi connectivity index (χ1v) is 8.24. The van der Waals surface area contributed by atoms with Crippen molar-refractivity contribution >= 4 is 6.29 Å². The summed E-state index contributed by atoms with van der Waals surface area (Å²) < 4.78 is 6.54. The summed E-state index contributed by atoms with van der Waals surface area (Å²) in [5.74, 6) is 0.246. The molecular weight excluding hydrogens is 332 g/mol. The van der Waals surface area contributed by atoms with Crippen LogP contribution < -0.4 is 5.76 Å². The Hall–Kier alpha value is -2.99. The van der Waals surface area contributed by atoms with Gasteiger partial charge < -0.3 is 9.52 Å². The molecule has 26 heavy (non-hydrogen) atoms. The smallest absolute Gasteiger partial charge is 0.400 e. The molecule has 1 aromatic heterocycles. The van der Waals surface area contributed by atoms with E-state index in [1.807, 2.05) is 24.3 Å². The fraction of sp³-hybridized carbons (Fsp3) is 0.250. The minimum atomic E-state index is -0.502. The van der Waals surface area contributed by atoms with Gasteiger partial charge in [0.1, 0.15) is 6.29 Å². The molecule has 6 nitrogen and oxygen atoms in total. The number of carbonyl (C=O) groups is 1. The van der Waals surface area contributed by atoms with Crippen LogP contribution in [0.25, 0.3) is 11.5 Å². The molecule has 1 N–H and O–H groups in total. The lowest BCUT2D eigenvalue weighted by Crippen LogP contribution is -2.16. The van der Waals surface area contributed by atoms with Crippen LogP contribution in [0.2, 0.25) is 0 Å². The minimum Gasteiger partial charge on any atom is -0.400 e. The molecule has 0 radical (unpaired) electrons. The van der Waals surface area contributed by atoms with Gasteiger partial charge in [-0.3, -0.25) is 4.79 Å². The van der Waals surface area contributed by atoms with E-state index in [4.69, 9.17) is 9.52 Å². The topological polar surface area (TPSA) is 85.3 Å². The number of rotatable bonds is 5. The van der Waals surface area contributed by atoms with Crippen molar-refractivity contribution in [3.05, 3.63) is 75.8 Å². The summed E-state index contributed by atoms with van der Waals surface area (Å²) in [5, 5.41) is 11.3. The highest BCUT2D eigenvalue weighted by molar-refractivity contribution is 5.74. The number of hydrogen-bond acceptors (Lipinski definition) is 5. The molecule has 136 valence electrons. The number of aliphatic hydroxyl groups is 1. The molecule has 0 amide bonds. The first-order valence-electron chi connectivity index (χ1n) is 8.24. The predicted octanol–water partition coefficient (Wildman–Crippen LogP) is 3.10. The van der Waals surface area contributed by atoms with Crippen LogP contribution >= 0.6 is 0 Å². The van der Waals surface area contributed by atoms with Crippen LogP contribution in [0, 0.1) is 0 Å². The minimum absolute atomic E-state index is 0.297. The SMILES string of the molecule is CC(C)c1ccc(-c2nn(Cc3ccc(C=O)cc3)c(=O)o2)cc1.CO. The molecule has 0 unspecified atom stereocenters. The van der Waals surface area contributed by atoms with Gasteiger partial charge in [0.15, 0.2) is 0 Å². The standard InChI is InChI=1S/C19H18N2O3.CH4O/c1-13(2)16-7-9-17(10-8-16)18-20-21(19(23)24-18)11-14-3-5-15(12-22)6-4-14;1-2/h3-10,12-13H,11H2,1-2H3;2H,1H3. The third-order valence-corrected chi connectivity index (χ3v) is 3.88. The summed E-state index contributed by atoms with van der Waals surface area (Å²) in [6.45, 7) is 4.55. The predicted molar refractivity (Wildman–Crippen MR) is 99.4 cm³/mol. The van der Waals surface area contributed by atoms with E-state index < -0.39 is 5.76 Å². The molecule has 3 rings (SSSR count). The lowest BCUT2D eigenvalue weighted by Gasteiger charge is -2.04. The van der Waals surface area contributed by atoms with E-state index in [-0.39, 0.29) is 0 Å². The normalized spacial score (nSPS) is 10.3. The Labute approximate surface area is 151 Å². The lowest BCUT2D eigenvalue weighted by atomic mass is 10.0. The van der Waals surface area contributed by atoms with Crippen LogP contribution in [-0.4, -0.2) is 28.3 Å². The zero-order valence-electron chi connectivity index (χ0n) is 15.0. The van der Waals surface area contributed by atoms with Crippen molar-refractivity contribution in [2.45, 2.75) is 26.3 Å². The highest BCUT2D eigenvalue weighted by Gasteiger charge is 2.11. The molecule has 0 atom stereocenters. The van der Waals surface area contributed by atoms with Crippen molar-refractivity contribution in [3.8, 4) is 11.5 Å². The Morgan fingerprint density at radius 1 is 1.08 bits per heavy atom. The van der Waals surface area contributed by atoms with Crippen LogP contribution in [0.4, 0.5) is 0 Å². The highest BCUT2D eigenvalue weighted by Crippen LogP contribution is 2.20. The van der Waals surface area contributed by atoms with Gasteiger partial charge >= 0.3 is 5.76 Å². The number of benzene rings is 2. The number of carbonyl (C=O) groups excluding carboxylic acids is 1. The Morgan fingerprint density at radius 3 is 2.23 bits per heavy atom. The van der Waals surface area contributed by atoms with Gasteiger partial charge in [-0.1, -0.05) is 50.2 Å². The molecule has 3 aromatic rings. The van der Waals surface area contributed by atoms with Gasteiger partial charge in [-0.15, -0.1) is 5.10 Å². The second kappa shape index (κ2) is 8.92. The van der Waals surface area contributed by atoms with Gasteiger partial charge in [0.05, 0.1) is 6.54 Å². The number of hydrogen-bond donors (Lipinski definition) is 1. The summed E-state index contributed by atoms with van der Waals surface area (Å²) in [6.07, 6.45) is 0.783. The molecule has 0 aliphatic rings. The Balaban J connectivity index is 0.00000117. The van der Waals surface area contributed by atoms with Gasteiger partial charge in [0.2, 0.25) is 5.89 Å². The molecule has 0 aliphatic heterocycles. The van der Waals surface area contributed by atoms with Crippen molar-refractivity contribution in [2.75, 3.05) is 7.11 Å². The monoisotopic (exact) mass is 354 g/mol. The van der Waals surface area contributed by atoms with Crippen molar-refractivity contribution in [3.63, 3.8) is 0 Å². The van der Waals surface area contributed by atoms with E-state index in [9.17, 15) is 9.59 Å². The van der Waals surface area contributed by atoms with Gasteiger partial charge in [0, 0.05) is 18.2 Å². The van der Waals surface area contributed by atoms with E-state index >= 15 is 0 Å². The van der Waals surface area contributed by atoms with E-state index in [0.29, 0.717) is 23.9 Å². The lowest BCUT2D eigenvalue weighted by molar-refractivity contribution is 0.112. The Morgan fingerprint density at radius 2 is 1.69 bits per heavy atom. The van der Waals surface area contributed by atoms with Crippen molar-refractivity contribution < 1.29 is 14.3 Å². The average Bonchev–Trinajstić information content (AvgIpc) is 3.04. The fourth-order valence-electron chi connectivity index (χ4n) is 2.41. The third kappa shape index (κ3) is 4.55. The maximum absolute atomic E-state index is 12.0. The average molecular weight is 354 g/mol. The summed E-state index contributed by atoms with van der Waals surface area (Å²) in [4.78, 5) is 22.7. The first-order chi connectivity index (χ1) is 12.6. The molecule has 6 heteroatoms. The zero-order chi connectivity index (χ0) is 19.1. The van der Waals surface area contributed by atoms with Crippen molar-refractivity contribution in [1.29, 1.82) is 0 Å². The second-order valence-electron chi connectivity index (χ2n) is 5.97. The van der Waals surface area contributed by atoms with Crippen LogP contribution in [-0.2, 0) is 6.54 Å². The van der Waals surface area contributed by atoms with Crippen molar-refractivity contribution in [1.82, 2.24) is 9.78 Å².